The summed E-state index contributed by atoms with van der Waals surface area (Å²) in [5, 5.41) is 0.920. The fraction of sp³-hybridized carbons (Fsp3) is 0.600. The number of hydrogen-bond acceptors (Lipinski definition) is 1. The molecule has 0 radical (unpaired) electrons. The standard InChI is InChI=1S/C5H7BrO/c6-4-5-2-1-3-7-5/h1-2,5H,3-4H2. The molecule has 2 heteroatoms. The van der Waals surface area contributed by atoms with Crippen molar-refractivity contribution in [1.82, 2.24) is 0 Å². The van der Waals surface area contributed by atoms with Gasteiger partial charge in [-0.15, -0.1) is 0 Å². The molecule has 0 aliphatic carbocycles. The Morgan fingerprint density at radius 3 is 3.00 bits per heavy atom. The van der Waals surface area contributed by atoms with E-state index < -0.39 is 0 Å². The third-order valence-corrected chi connectivity index (χ3v) is 1.55. The average molecular weight is 163 g/mol. The molecule has 0 bridgehead atoms. The highest BCUT2D eigenvalue weighted by molar-refractivity contribution is 9.09. The Kier molecular flexibility index (Phi) is 1.88. The van der Waals surface area contributed by atoms with Crippen molar-refractivity contribution < 1.29 is 4.74 Å². The molecule has 1 heterocycles. The Hall–Kier alpha value is 0.180. The van der Waals surface area contributed by atoms with Gasteiger partial charge in [0.25, 0.3) is 0 Å². The molecule has 0 spiro atoms. The lowest BCUT2D eigenvalue weighted by molar-refractivity contribution is 0.146. The molecule has 1 nitrogen and oxygen atoms in total. The molecule has 0 N–H and O–H groups in total. The smallest absolute Gasteiger partial charge is 0.0857 e. The fourth-order valence-corrected chi connectivity index (χ4v) is 0.941. The van der Waals surface area contributed by atoms with Crippen LogP contribution < -0.4 is 0 Å². The summed E-state index contributed by atoms with van der Waals surface area (Å²) in [7, 11) is 0. The van der Waals surface area contributed by atoms with Gasteiger partial charge in [-0.3, -0.25) is 0 Å². The molecule has 1 aliphatic heterocycles. The summed E-state index contributed by atoms with van der Waals surface area (Å²) in [6.07, 6.45) is 4.43. The second-order valence-corrected chi connectivity index (χ2v) is 2.10. The Morgan fingerprint density at radius 2 is 2.71 bits per heavy atom. The van der Waals surface area contributed by atoms with Gasteiger partial charge in [0.05, 0.1) is 12.7 Å². The lowest BCUT2D eigenvalue weighted by Gasteiger charge is -1.99. The van der Waals surface area contributed by atoms with Crippen molar-refractivity contribution in [3.63, 3.8) is 0 Å². The minimum absolute atomic E-state index is 0.333. The fourth-order valence-electron chi connectivity index (χ4n) is 0.538. The normalized spacial score (nSPS) is 29.0. The van der Waals surface area contributed by atoms with E-state index in [1.54, 1.807) is 0 Å². The molecule has 1 rings (SSSR count). The lowest BCUT2D eigenvalue weighted by atomic mass is 10.4. The Balaban J connectivity index is 2.28. The van der Waals surface area contributed by atoms with Crippen LogP contribution in [0.2, 0.25) is 0 Å². The van der Waals surface area contributed by atoms with Crippen molar-refractivity contribution in [1.29, 1.82) is 0 Å². The van der Waals surface area contributed by atoms with Crippen molar-refractivity contribution in [3.05, 3.63) is 12.2 Å². The van der Waals surface area contributed by atoms with Gasteiger partial charge in [0.15, 0.2) is 0 Å². The van der Waals surface area contributed by atoms with Gasteiger partial charge in [-0.2, -0.15) is 0 Å². The highest BCUT2D eigenvalue weighted by Crippen LogP contribution is 2.04. The minimum atomic E-state index is 0.333. The molecular weight excluding hydrogens is 156 g/mol. The van der Waals surface area contributed by atoms with Crippen molar-refractivity contribution in [3.8, 4) is 0 Å². The third kappa shape index (κ3) is 1.28. The first-order valence-corrected chi connectivity index (χ1v) is 3.40. The summed E-state index contributed by atoms with van der Waals surface area (Å²) in [6.45, 7) is 0.788. The van der Waals surface area contributed by atoms with Crippen molar-refractivity contribution in [2.75, 3.05) is 11.9 Å². The van der Waals surface area contributed by atoms with Gasteiger partial charge in [0.2, 0.25) is 0 Å². The van der Waals surface area contributed by atoms with E-state index in [-0.39, 0.29) is 0 Å². The first kappa shape index (κ1) is 5.32. The first-order chi connectivity index (χ1) is 3.43. The van der Waals surface area contributed by atoms with Gasteiger partial charge in [-0.25, -0.2) is 0 Å². The van der Waals surface area contributed by atoms with Crippen LogP contribution in [0.15, 0.2) is 12.2 Å². The van der Waals surface area contributed by atoms with Gasteiger partial charge >= 0.3 is 0 Å². The maximum atomic E-state index is 5.14. The number of hydrogen-bond donors (Lipinski definition) is 0. The summed E-state index contributed by atoms with van der Waals surface area (Å²) < 4.78 is 5.14. The van der Waals surface area contributed by atoms with E-state index in [9.17, 15) is 0 Å². The predicted octanol–water partition coefficient (Wildman–Crippen LogP) is 1.34. The van der Waals surface area contributed by atoms with Crippen LogP contribution >= 0.6 is 15.9 Å². The second-order valence-electron chi connectivity index (χ2n) is 1.45. The molecule has 0 aromatic carbocycles. The molecule has 0 saturated carbocycles. The molecule has 1 atom stereocenters. The summed E-state index contributed by atoms with van der Waals surface area (Å²) in [5.74, 6) is 0. The van der Waals surface area contributed by atoms with Gasteiger partial charge in [-0.05, 0) is 0 Å². The van der Waals surface area contributed by atoms with Crippen LogP contribution in [0.1, 0.15) is 0 Å². The Morgan fingerprint density at radius 1 is 1.86 bits per heavy atom. The molecular formula is C5H7BrO. The van der Waals surface area contributed by atoms with Crippen molar-refractivity contribution in [2.45, 2.75) is 6.10 Å². The predicted molar refractivity (Wildman–Crippen MR) is 32.7 cm³/mol. The highest BCUT2D eigenvalue weighted by atomic mass is 79.9. The Bertz CT molecular complexity index is 80.1. The zero-order chi connectivity index (χ0) is 5.11. The van der Waals surface area contributed by atoms with Gasteiger partial charge in [0, 0.05) is 5.33 Å². The number of ether oxygens (including phenoxy) is 1. The lowest BCUT2D eigenvalue weighted by Crippen LogP contribution is -2.04. The minimum Gasteiger partial charge on any atom is -0.369 e. The molecule has 1 aliphatic rings. The molecule has 0 fully saturated rings. The third-order valence-electron chi connectivity index (χ3n) is 0.909. The second kappa shape index (κ2) is 2.48. The van der Waals surface area contributed by atoms with E-state index in [1.807, 2.05) is 6.08 Å². The summed E-state index contributed by atoms with van der Waals surface area (Å²) in [5.41, 5.74) is 0. The van der Waals surface area contributed by atoms with E-state index in [2.05, 4.69) is 22.0 Å². The largest absolute Gasteiger partial charge is 0.369 e. The van der Waals surface area contributed by atoms with E-state index in [0.717, 1.165) is 11.9 Å². The van der Waals surface area contributed by atoms with E-state index in [1.165, 1.54) is 0 Å². The first-order valence-electron chi connectivity index (χ1n) is 2.27. The van der Waals surface area contributed by atoms with Crippen LogP contribution in [0.25, 0.3) is 0 Å². The summed E-state index contributed by atoms with van der Waals surface area (Å²) in [6, 6.07) is 0. The molecule has 0 amide bonds. The zero-order valence-corrected chi connectivity index (χ0v) is 5.52. The molecule has 0 aromatic rings. The number of halogens is 1. The van der Waals surface area contributed by atoms with Gasteiger partial charge in [-0.1, -0.05) is 28.1 Å². The van der Waals surface area contributed by atoms with Gasteiger partial charge < -0.3 is 4.74 Å². The summed E-state index contributed by atoms with van der Waals surface area (Å²) in [4.78, 5) is 0. The van der Waals surface area contributed by atoms with Crippen LogP contribution in [0.3, 0.4) is 0 Å². The quantitative estimate of drug-likeness (QED) is 0.418. The monoisotopic (exact) mass is 162 g/mol. The summed E-state index contributed by atoms with van der Waals surface area (Å²) >= 11 is 3.30. The maximum absolute atomic E-state index is 5.14. The highest BCUT2D eigenvalue weighted by Gasteiger charge is 2.04. The van der Waals surface area contributed by atoms with E-state index >= 15 is 0 Å². The van der Waals surface area contributed by atoms with Crippen LogP contribution in [-0.4, -0.2) is 18.0 Å². The molecule has 40 valence electrons. The molecule has 0 aromatic heterocycles. The number of rotatable bonds is 1. The SMILES string of the molecule is BrCC1C=CCO1. The van der Waals surface area contributed by atoms with E-state index in [0.29, 0.717) is 6.10 Å². The molecule has 7 heavy (non-hydrogen) atoms. The topological polar surface area (TPSA) is 9.23 Å². The molecule has 0 saturated heterocycles. The number of alkyl halides is 1. The van der Waals surface area contributed by atoms with E-state index in [4.69, 9.17) is 4.74 Å². The zero-order valence-electron chi connectivity index (χ0n) is 3.93. The van der Waals surface area contributed by atoms with Crippen molar-refractivity contribution >= 4 is 15.9 Å². The van der Waals surface area contributed by atoms with Crippen LogP contribution in [0.5, 0.6) is 0 Å². The maximum Gasteiger partial charge on any atom is 0.0857 e. The van der Waals surface area contributed by atoms with Crippen LogP contribution in [0.4, 0.5) is 0 Å². The average Bonchev–Trinajstić information content (AvgIpc) is 2.14. The van der Waals surface area contributed by atoms with Crippen molar-refractivity contribution in [2.24, 2.45) is 0 Å². The Labute approximate surface area is 51.5 Å². The van der Waals surface area contributed by atoms with Crippen LogP contribution in [0, 0.1) is 0 Å². The van der Waals surface area contributed by atoms with Gasteiger partial charge in [0.1, 0.15) is 0 Å². The van der Waals surface area contributed by atoms with Crippen LogP contribution in [-0.2, 0) is 4.74 Å². The molecule has 1 unspecified atom stereocenters.